The van der Waals surface area contributed by atoms with E-state index in [4.69, 9.17) is 4.74 Å². The molecule has 148 valence electrons. The van der Waals surface area contributed by atoms with Crippen molar-refractivity contribution in [1.29, 1.82) is 0 Å². The molecule has 2 amide bonds. The van der Waals surface area contributed by atoms with Crippen LogP contribution in [-0.2, 0) is 20.4 Å². The van der Waals surface area contributed by atoms with E-state index in [1.54, 1.807) is 25.3 Å². The lowest BCUT2D eigenvalue weighted by Gasteiger charge is -2.21. The van der Waals surface area contributed by atoms with Crippen LogP contribution in [0.3, 0.4) is 0 Å². The van der Waals surface area contributed by atoms with Crippen LogP contribution in [0.5, 0.6) is 5.75 Å². The molecule has 0 spiro atoms. The Morgan fingerprint density at radius 3 is 2.14 bits per heavy atom. The number of anilines is 2. The van der Waals surface area contributed by atoms with Crippen molar-refractivity contribution in [3.05, 3.63) is 53.6 Å². The van der Waals surface area contributed by atoms with Gasteiger partial charge in [0.1, 0.15) is 5.75 Å². The first-order valence-electron chi connectivity index (χ1n) is 9.54. The van der Waals surface area contributed by atoms with Gasteiger partial charge in [0.2, 0.25) is 11.8 Å². The predicted octanol–water partition coefficient (Wildman–Crippen LogP) is 4.62. The maximum absolute atomic E-state index is 13.0. The maximum Gasteiger partial charge on any atom is 0.235 e. The van der Waals surface area contributed by atoms with Crippen molar-refractivity contribution in [1.82, 2.24) is 0 Å². The number of hydrogen-bond donors (Lipinski definition) is 2. The van der Waals surface area contributed by atoms with Crippen molar-refractivity contribution in [2.75, 3.05) is 17.7 Å². The van der Waals surface area contributed by atoms with Gasteiger partial charge in [0, 0.05) is 12.6 Å². The van der Waals surface area contributed by atoms with Crippen molar-refractivity contribution in [2.45, 2.75) is 51.4 Å². The Labute approximate surface area is 166 Å². The number of carbonyl (C=O) groups is 2. The van der Waals surface area contributed by atoms with Gasteiger partial charge in [-0.15, -0.1) is 0 Å². The highest BCUT2D eigenvalue weighted by molar-refractivity contribution is 6.02. The third-order valence-corrected chi connectivity index (χ3v) is 5.26. The molecule has 2 aromatic carbocycles. The van der Waals surface area contributed by atoms with Crippen LogP contribution < -0.4 is 15.4 Å². The van der Waals surface area contributed by atoms with Gasteiger partial charge >= 0.3 is 0 Å². The lowest BCUT2D eigenvalue weighted by molar-refractivity contribution is -0.118. The SMILES string of the molecule is COc1ccc(NC(=O)C2(c3ccc(C(C)(C)C)cc3)CC2)cc1NC(C)=O. The second-order valence-corrected chi connectivity index (χ2v) is 8.46. The number of hydrogen-bond acceptors (Lipinski definition) is 3. The summed E-state index contributed by atoms with van der Waals surface area (Å²) in [6.07, 6.45) is 1.67. The summed E-state index contributed by atoms with van der Waals surface area (Å²) in [7, 11) is 1.54. The van der Waals surface area contributed by atoms with Crippen LogP contribution in [0.4, 0.5) is 11.4 Å². The Bertz CT molecular complexity index is 891. The lowest BCUT2D eigenvalue weighted by Crippen LogP contribution is -2.28. The van der Waals surface area contributed by atoms with Crippen LogP contribution in [0.2, 0.25) is 0 Å². The van der Waals surface area contributed by atoms with E-state index in [9.17, 15) is 9.59 Å². The molecule has 5 heteroatoms. The predicted molar refractivity (Wildman–Crippen MR) is 112 cm³/mol. The average molecular weight is 380 g/mol. The van der Waals surface area contributed by atoms with Gasteiger partial charge in [-0.1, -0.05) is 45.0 Å². The van der Waals surface area contributed by atoms with Gasteiger partial charge in [-0.2, -0.15) is 0 Å². The molecular formula is C23H28N2O3. The molecule has 0 aliphatic heterocycles. The first kappa shape index (κ1) is 19.9. The summed E-state index contributed by atoms with van der Waals surface area (Å²) < 4.78 is 5.27. The van der Waals surface area contributed by atoms with Crippen LogP contribution >= 0.6 is 0 Å². The molecule has 2 aromatic rings. The minimum Gasteiger partial charge on any atom is -0.495 e. The standard InChI is InChI=1S/C23H28N2O3/c1-15(26)24-19-14-18(10-11-20(19)28-5)25-21(27)23(12-13-23)17-8-6-16(7-9-17)22(2,3)4/h6-11,14H,12-13H2,1-5H3,(H,24,26)(H,25,27). The van der Waals surface area contributed by atoms with E-state index >= 15 is 0 Å². The van der Waals surface area contributed by atoms with Gasteiger partial charge in [-0.05, 0) is 47.6 Å². The zero-order chi connectivity index (χ0) is 20.5. The molecule has 0 unspecified atom stereocenters. The molecular weight excluding hydrogens is 352 g/mol. The Morgan fingerprint density at radius 2 is 1.64 bits per heavy atom. The zero-order valence-corrected chi connectivity index (χ0v) is 17.2. The number of ether oxygens (including phenoxy) is 1. The summed E-state index contributed by atoms with van der Waals surface area (Å²) in [6.45, 7) is 7.97. The van der Waals surface area contributed by atoms with E-state index in [2.05, 4.69) is 55.7 Å². The van der Waals surface area contributed by atoms with Crippen molar-refractivity contribution in [3.8, 4) is 5.75 Å². The van der Waals surface area contributed by atoms with E-state index in [-0.39, 0.29) is 17.2 Å². The Morgan fingerprint density at radius 1 is 1.00 bits per heavy atom. The van der Waals surface area contributed by atoms with Crippen molar-refractivity contribution >= 4 is 23.2 Å². The zero-order valence-electron chi connectivity index (χ0n) is 17.2. The van der Waals surface area contributed by atoms with Crippen molar-refractivity contribution in [3.63, 3.8) is 0 Å². The first-order chi connectivity index (χ1) is 13.2. The highest BCUT2D eigenvalue weighted by Gasteiger charge is 2.51. The van der Waals surface area contributed by atoms with Gasteiger partial charge in [0.05, 0.1) is 18.2 Å². The molecule has 1 aliphatic carbocycles. The molecule has 0 heterocycles. The van der Waals surface area contributed by atoms with Gasteiger partial charge in [0.15, 0.2) is 0 Å². The normalized spacial score (nSPS) is 14.9. The van der Waals surface area contributed by atoms with Crippen LogP contribution in [0.1, 0.15) is 51.7 Å². The summed E-state index contributed by atoms with van der Waals surface area (Å²) in [5.74, 6) is 0.335. The fraction of sp³-hybridized carbons (Fsp3) is 0.391. The number of amides is 2. The van der Waals surface area contributed by atoms with Gasteiger partial charge in [0.25, 0.3) is 0 Å². The molecule has 0 aromatic heterocycles. The number of benzene rings is 2. The Hall–Kier alpha value is -2.82. The second kappa shape index (κ2) is 7.30. The molecule has 3 rings (SSSR count). The molecule has 0 bridgehead atoms. The number of rotatable bonds is 5. The van der Waals surface area contributed by atoms with Crippen LogP contribution in [0, 0.1) is 0 Å². The highest BCUT2D eigenvalue weighted by atomic mass is 16.5. The fourth-order valence-electron chi connectivity index (χ4n) is 3.38. The summed E-state index contributed by atoms with van der Waals surface area (Å²) in [4.78, 5) is 24.5. The molecule has 28 heavy (non-hydrogen) atoms. The smallest absolute Gasteiger partial charge is 0.235 e. The van der Waals surface area contributed by atoms with Crippen LogP contribution in [0.25, 0.3) is 0 Å². The van der Waals surface area contributed by atoms with Crippen LogP contribution in [0.15, 0.2) is 42.5 Å². The number of nitrogens with one attached hydrogen (secondary N) is 2. The number of methoxy groups -OCH3 is 1. The topological polar surface area (TPSA) is 67.4 Å². The molecule has 0 radical (unpaired) electrons. The summed E-state index contributed by atoms with van der Waals surface area (Å²) in [6, 6.07) is 13.6. The van der Waals surface area contributed by atoms with E-state index in [1.807, 2.05) is 0 Å². The average Bonchev–Trinajstić information content (AvgIpc) is 3.43. The summed E-state index contributed by atoms with van der Waals surface area (Å²) in [5.41, 5.74) is 3.08. The van der Waals surface area contributed by atoms with Crippen molar-refractivity contribution < 1.29 is 14.3 Å². The monoisotopic (exact) mass is 380 g/mol. The Kier molecular flexibility index (Phi) is 5.20. The molecule has 5 nitrogen and oxygen atoms in total. The van der Waals surface area contributed by atoms with Gasteiger partial charge < -0.3 is 15.4 Å². The molecule has 2 N–H and O–H groups in total. The third kappa shape index (κ3) is 4.03. The summed E-state index contributed by atoms with van der Waals surface area (Å²) >= 11 is 0. The molecule has 1 aliphatic rings. The first-order valence-corrected chi connectivity index (χ1v) is 9.54. The largest absolute Gasteiger partial charge is 0.495 e. The van der Waals surface area contributed by atoms with Gasteiger partial charge in [-0.25, -0.2) is 0 Å². The molecule has 1 fully saturated rings. The second-order valence-electron chi connectivity index (χ2n) is 8.46. The summed E-state index contributed by atoms with van der Waals surface area (Å²) in [5, 5.41) is 5.74. The van der Waals surface area contributed by atoms with E-state index in [0.717, 1.165) is 18.4 Å². The highest BCUT2D eigenvalue weighted by Crippen LogP contribution is 2.49. The van der Waals surface area contributed by atoms with Crippen molar-refractivity contribution in [2.24, 2.45) is 0 Å². The quantitative estimate of drug-likeness (QED) is 0.795. The number of carbonyl (C=O) groups excluding carboxylic acids is 2. The van der Waals surface area contributed by atoms with E-state index in [1.165, 1.54) is 12.5 Å². The molecule has 1 saturated carbocycles. The van der Waals surface area contributed by atoms with E-state index in [0.29, 0.717) is 17.1 Å². The minimum absolute atomic E-state index is 0.0186. The van der Waals surface area contributed by atoms with Crippen LogP contribution in [-0.4, -0.2) is 18.9 Å². The third-order valence-electron chi connectivity index (χ3n) is 5.26. The molecule has 0 saturated heterocycles. The fourth-order valence-corrected chi connectivity index (χ4v) is 3.38. The Balaban J connectivity index is 1.80. The maximum atomic E-state index is 13.0. The van der Waals surface area contributed by atoms with Gasteiger partial charge in [-0.3, -0.25) is 9.59 Å². The van der Waals surface area contributed by atoms with E-state index < -0.39 is 5.41 Å². The molecule has 0 atom stereocenters. The lowest BCUT2D eigenvalue weighted by atomic mass is 9.85. The minimum atomic E-state index is -0.468.